The number of fused-ring (bicyclic) bond motifs is 4. The van der Waals surface area contributed by atoms with E-state index in [-0.39, 0.29) is 17.8 Å². The first kappa shape index (κ1) is 21.7. The second-order valence-corrected chi connectivity index (χ2v) is 7.97. The Bertz CT molecular complexity index is 1170. The fourth-order valence-corrected chi connectivity index (χ4v) is 3.68. The van der Waals surface area contributed by atoms with Gasteiger partial charge in [0.2, 0.25) is 0 Å². The minimum Gasteiger partial charge on any atom is -0.459 e. The summed E-state index contributed by atoms with van der Waals surface area (Å²) in [5, 5.41) is 10.2. The van der Waals surface area contributed by atoms with Gasteiger partial charge in [-0.05, 0) is 80.3 Å². The number of halogens is 1. The summed E-state index contributed by atoms with van der Waals surface area (Å²) in [5.41, 5.74) is 4.76. The molecule has 7 heteroatoms. The summed E-state index contributed by atoms with van der Waals surface area (Å²) in [6.45, 7) is 3.85. The molecule has 1 atom stereocenters. The molecule has 0 saturated heterocycles. The second-order valence-electron chi connectivity index (χ2n) is 7.56. The van der Waals surface area contributed by atoms with Crippen molar-refractivity contribution in [1.82, 2.24) is 0 Å². The van der Waals surface area contributed by atoms with Crippen LogP contribution in [0.25, 0.3) is 0 Å². The summed E-state index contributed by atoms with van der Waals surface area (Å²) in [6, 6.07) is 17.4. The molecule has 4 rings (SSSR count). The van der Waals surface area contributed by atoms with E-state index in [1.165, 1.54) is 11.8 Å². The lowest BCUT2D eigenvalue weighted by atomic mass is 10.0. The van der Waals surface area contributed by atoms with Crippen molar-refractivity contribution in [3.8, 4) is 0 Å². The highest BCUT2D eigenvalue weighted by Gasteiger charge is 2.15. The van der Waals surface area contributed by atoms with E-state index in [2.05, 4.69) is 28.1 Å². The number of carbonyl (C=O) groups excluding carboxylic acids is 1. The third kappa shape index (κ3) is 5.21. The molecular weight excluding hydrogens is 424 g/mol. The minimum absolute atomic E-state index is 0.187. The number of nitrogens with one attached hydrogen (secondary N) is 3. The highest BCUT2D eigenvalue weighted by Crippen LogP contribution is 2.25. The van der Waals surface area contributed by atoms with Gasteiger partial charge in [-0.2, -0.15) is 0 Å². The van der Waals surface area contributed by atoms with Crippen LogP contribution in [0.2, 0.25) is 0 Å². The van der Waals surface area contributed by atoms with Crippen molar-refractivity contribution in [3.63, 3.8) is 0 Å². The molecule has 0 saturated carbocycles. The first-order valence-corrected chi connectivity index (χ1v) is 10.9. The van der Waals surface area contributed by atoms with Gasteiger partial charge in [-0.25, -0.2) is 4.99 Å². The zero-order valence-electron chi connectivity index (χ0n) is 18.0. The number of nitrogens with zero attached hydrogens (tertiary/aromatic N) is 1. The van der Waals surface area contributed by atoms with E-state index in [1.807, 2.05) is 44.2 Å². The standard InChI is InChI=1S/C25H25ClN4O2/c1-3-21(26)24-28-16(2)27-19-7-4-6-17(14-19)9-10-18-15-20(29-24)11-12-22(18)30-25(31)23-8-5-13-32-23/h3-8,11-16,27H,9-10H2,1-2H3,(H,28,29)(H,30,31)/b21-3+. The summed E-state index contributed by atoms with van der Waals surface area (Å²) in [7, 11) is 0. The molecule has 3 aromatic rings. The Labute approximate surface area is 192 Å². The maximum atomic E-state index is 12.6. The monoisotopic (exact) mass is 448 g/mol. The molecule has 6 nitrogen and oxygen atoms in total. The number of allylic oxidation sites excluding steroid dienone is 1. The van der Waals surface area contributed by atoms with Crippen LogP contribution >= 0.6 is 11.6 Å². The lowest BCUT2D eigenvalue weighted by Gasteiger charge is -2.16. The normalized spacial score (nSPS) is 18.0. The first-order valence-electron chi connectivity index (χ1n) is 10.5. The highest BCUT2D eigenvalue weighted by atomic mass is 35.5. The number of hydrogen-bond acceptors (Lipinski definition) is 5. The zero-order valence-corrected chi connectivity index (χ0v) is 18.7. The van der Waals surface area contributed by atoms with Gasteiger partial charge in [0.1, 0.15) is 12.0 Å². The fraction of sp³-hybridized carbons (Fsp3) is 0.200. The van der Waals surface area contributed by atoms with Gasteiger partial charge in [-0.1, -0.05) is 29.8 Å². The molecule has 32 heavy (non-hydrogen) atoms. The van der Waals surface area contributed by atoms with Gasteiger partial charge in [0.25, 0.3) is 5.91 Å². The number of benzene rings is 2. The van der Waals surface area contributed by atoms with E-state index in [1.54, 1.807) is 18.2 Å². The molecule has 3 N–H and O–H groups in total. The van der Waals surface area contributed by atoms with Gasteiger partial charge in [0.05, 0.1) is 11.3 Å². The number of aliphatic imine (C=N–C) groups is 1. The molecule has 0 radical (unpaired) electrons. The van der Waals surface area contributed by atoms with Crippen molar-refractivity contribution in [2.24, 2.45) is 4.99 Å². The van der Waals surface area contributed by atoms with Gasteiger partial charge < -0.3 is 20.4 Å². The Kier molecular flexibility index (Phi) is 6.61. The van der Waals surface area contributed by atoms with Crippen LogP contribution in [0.4, 0.5) is 17.1 Å². The van der Waals surface area contributed by atoms with Gasteiger partial charge in [-0.15, -0.1) is 0 Å². The Balaban J connectivity index is 1.72. The fourth-order valence-electron chi connectivity index (χ4n) is 3.58. The van der Waals surface area contributed by atoms with Crippen molar-refractivity contribution in [2.75, 3.05) is 16.0 Å². The molecule has 4 bridgehead atoms. The van der Waals surface area contributed by atoms with Gasteiger partial charge in [-0.3, -0.25) is 4.79 Å². The quantitative estimate of drug-likeness (QED) is 0.456. The Morgan fingerprint density at radius 2 is 2.03 bits per heavy atom. The van der Waals surface area contributed by atoms with Crippen molar-refractivity contribution in [2.45, 2.75) is 32.9 Å². The summed E-state index contributed by atoms with van der Waals surface area (Å²) in [5.74, 6) is 0.558. The van der Waals surface area contributed by atoms with Crippen LogP contribution < -0.4 is 16.0 Å². The molecule has 1 amide bonds. The minimum atomic E-state index is -0.283. The van der Waals surface area contributed by atoms with Crippen LogP contribution in [0.3, 0.4) is 0 Å². The summed E-state index contributed by atoms with van der Waals surface area (Å²) in [4.78, 5) is 17.3. The summed E-state index contributed by atoms with van der Waals surface area (Å²) < 4.78 is 5.23. The van der Waals surface area contributed by atoms with Gasteiger partial charge >= 0.3 is 0 Å². The van der Waals surface area contributed by atoms with Crippen molar-refractivity contribution in [1.29, 1.82) is 0 Å². The average molecular weight is 449 g/mol. The lowest BCUT2D eigenvalue weighted by molar-refractivity contribution is 0.0996. The molecule has 0 aliphatic carbocycles. The summed E-state index contributed by atoms with van der Waals surface area (Å²) >= 11 is 6.44. The third-order valence-corrected chi connectivity index (χ3v) is 5.55. The zero-order chi connectivity index (χ0) is 22.5. The SMILES string of the molecule is C/C=C(Cl)\C1=N/C(C)Nc2cccc(c2)CCc2cc(ccc2NC(=O)c2ccco2)N1. The Hall–Kier alpha value is -3.51. The number of amidine groups is 1. The van der Waals surface area contributed by atoms with E-state index >= 15 is 0 Å². The van der Waals surface area contributed by atoms with Gasteiger partial charge in [0.15, 0.2) is 5.76 Å². The number of anilines is 3. The largest absolute Gasteiger partial charge is 0.459 e. The average Bonchev–Trinajstić information content (AvgIpc) is 3.33. The maximum Gasteiger partial charge on any atom is 0.291 e. The second kappa shape index (κ2) is 9.75. The van der Waals surface area contributed by atoms with E-state index in [0.29, 0.717) is 10.9 Å². The Morgan fingerprint density at radius 3 is 2.81 bits per heavy atom. The lowest BCUT2D eigenvalue weighted by Crippen LogP contribution is -2.20. The highest BCUT2D eigenvalue weighted by molar-refractivity contribution is 6.44. The molecule has 1 aliphatic heterocycles. The number of furan rings is 1. The van der Waals surface area contributed by atoms with Gasteiger partial charge in [0, 0.05) is 17.1 Å². The number of amides is 1. The first-order chi connectivity index (χ1) is 15.5. The van der Waals surface area contributed by atoms with Crippen molar-refractivity contribution >= 4 is 40.4 Å². The molecule has 1 aromatic heterocycles. The predicted octanol–water partition coefficient (Wildman–Crippen LogP) is 6.04. The molecule has 0 spiro atoms. The van der Waals surface area contributed by atoms with Crippen LogP contribution in [0, 0.1) is 0 Å². The van der Waals surface area contributed by atoms with Crippen LogP contribution in [-0.4, -0.2) is 17.9 Å². The molecule has 1 aliphatic rings. The van der Waals surface area contributed by atoms with E-state index < -0.39 is 0 Å². The molecule has 2 heterocycles. The van der Waals surface area contributed by atoms with Crippen LogP contribution in [-0.2, 0) is 12.8 Å². The van der Waals surface area contributed by atoms with Crippen LogP contribution in [0.15, 0.2) is 81.4 Å². The number of rotatable bonds is 3. The smallest absolute Gasteiger partial charge is 0.291 e. The topological polar surface area (TPSA) is 78.7 Å². The number of carbonyl (C=O) groups is 1. The number of hydrogen-bond donors (Lipinski definition) is 3. The third-order valence-electron chi connectivity index (χ3n) is 5.15. The van der Waals surface area contributed by atoms with Crippen LogP contribution in [0.5, 0.6) is 0 Å². The molecule has 1 unspecified atom stereocenters. The maximum absolute atomic E-state index is 12.6. The predicted molar refractivity (Wildman–Crippen MR) is 131 cm³/mol. The molecule has 2 aromatic carbocycles. The van der Waals surface area contributed by atoms with Crippen molar-refractivity contribution < 1.29 is 9.21 Å². The number of aryl methyl sites for hydroxylation is 2. The van der Waals surface area contributed by atoms with Crippen LogP contribution in [0.1, 0.15) is 35.5 Å². The van der Waals surface area contributed by atoms with Crippen molar-refractivity contribution in [3.05, 3.63) is 88.9 Å². The van der Waals surface area contributed by atoms with E-state index in [9.17, 15) is 4.79 Å². The van der Waals surface area contributed by atoms with E-state index in [4.69, 9.17) is 21.0 Å². The summed E-state index contributed by atoms with van der Waals surface area (Å²) in [6.07, 6.45) is 4.66. The molecular formula is C25H25ClN4O2. The molecule has 0 fully saturated rings. The van der Waals surface area contributed by atoms with E-state index in [0.717, 1.165) is 35.5 Å². The molecule has 164 valence electrons. The Morgan fingerprint density at radius 1 is 1.16 bits per heavy atom.